The maximum Gasteiger partial charge on any atom is 0.213 e. The topological polar surface area (TPSA) is 47.5 Å². The van der Waals surface area contributed by atoms with Crippen molar-refractivity contribution in [1.82, 2.24) is 14.9 Å². The zero-order chi connectivity index (χ0) is 19.2. The summed E-state index contributed by atoms with van der Waals surface area (Å²) in [7, 11) is 1.66. The second-order valence-electron chi connectivity index (χ2n) is 6.87. The SMILES string of the molecule is COc1cccc(C(C(c2ccccc2)c2cccnc2)N2CCOCC2)n1. The molecule has 144 valence electrons. The molecule has 1 aromatic carbocycles. The average molecular weight is 375 g/mol. The van der Waals surface area contributed by atoms with E-state index in [0.29, 0.717) is 5.88 Å². The van der Waals surface area contributed by atoms with Crippen LogP contribution in [0.3, 0.4) is 0 Å². The third kappa shape index (κ3) is 4.06. The highest BCUT2D eigenvalue weighted by Crippen LogP contribution is 2.40. The van der Waals surface area contributed by atoms with Gasteiger partial charge in [-0.3, -0.25) is 9.88 Å². The van der Waals surface area contributed by atoms with E-state index in [2.05, 4.69) is 52.3 Å². The fourth-order valence-corrected chi connectivity index (χ4v) is 3.91. The Bertz CT molecular complexity index is 828. The lowest BCUT2D eigenvalue weighted by molar-refractivity contribution is 0.0114. The molecule has 0 radical (unpaired) electrons. The summed E-state index contributed by atoms with van der Waals surface area (Å²) in [6, 6.07) is 20.8. The minimum atomic E-state index is 0.0607. The van der Waals surface area contributed by atoms with Gasteiger partial charge in [0.15, 0.2) is 0 Å². The summed E-state index contributed by atoms with van der Waals surface area (Å²) in [5.74, 6) is 0.737. The van der Waals surface area contributed by atoms with Gasteiger partial charge in [0, 0.05) is 37.5 Å². The molecular formula is C23H25N3O2. The number of hydrogen-bond acceptors (Lipinski definition) is 5. The van der Waals surface area contributed by atoms with Gasteiger partial charge in [-0.05, 0) is 23.3 Å². The van der Waals surface area contributed by atoms with Crippen LogP contribution in [0, 0.1) is 0 Å². The van der Waals surface area contributed by atoms with Crippen LogP contribution in [0.15, 0.2) is 73.1 Å². The molecule has 1 aliphatic rings. The number of morpholine rings is 1. The molecule has 0 aliphatic carbocycles. The predicted molar refractivity (Wildman–Crippen MR) is 108 cm³/mol. The Hall–Kier alpha value is -2.76. The standard InChI is InChI=1S/C23H25N3O2/c1-27-21-11-5-10-20(25-21)23(26-13-15-28-16-14-26)22(18-7-3-2-4-8-18)19-9-6-12-24-17-19/h2-12,17,22-23H,13-16H2,1H3. The van der Waals surface area contributed by atoms with E-state index in [1.54, 1.807) is 7.11 Å². The van der Waals surface area contributed by atoms with Crippen LogP contribution in [-0.2, 0) is 4.74 Å². The fraction of sp³-hybridized carbons (Fsp3) is 0.304. The van der Waals surface area contributed by atoms with Crippen molar-refractivity contribution in [2.75, 3.05) is 33.4 Å². The molecule has 4 rings (SSSR count). The van der Waals surface area contributed by atoms with Gasteiger partial charge in [0.2, 0.25) is 5.88 Å². The smallest absolute Gasteiger partial charge is 0.213 e. The van der Waals surface area contributed by atoms with Crippen LogP contribution in [-0.4, -0.2) is 48.3 Å². The molecular weight excluding hydrogens is 350 g/mol. The summed E-state index contributed by atoms with van der Waals surface area (Å²) >= 11 is 0. The normalized spacial score (nSPS) is 17.0. The van der Waals surface area contributed by atoms with Crippen molar-refractivity contribution in [2.24, 2.45) is 0 Å². The fourth-order valence-electron chi connectivity index (χ4n) is 3.91. The van der Waals surface area contributed by atoms with Gasteiger partial charge in [0.05, 0.1) is 32.1 Å². The molecule has 0 amide bonds. The van der Waals surface area contributed by atoms with Gasteiger partial charge in [-0.25, -0.2) is 4.98 Å². The van der Waals surface area contributed by atoms with E-state index in [4.69, 9.17) is 14.5 Å². The molecule has 5 heteroatoms. The first-order valence-electron chi connectivity index (χ1n) is 9.64. The number of methoxy groups -OCH3 is 1. The monoisotopic (exact) mass is 375 g/mol. The second kappa shape index (κ2) is 8.95. The van der Waals surface area contributed by atoms with Crippen LogP contribution in [0.1, 0.15) is 28.8 Å². The van der Waals surface area contributed by atoms with Crippen molar-refractivity contribution in [2.45, 2.75) is 12.0 Å². The predicted octanol–water partition coefficient (Wildman–Crippen LogP) is 3.69. The molecule has 3 aromatic rings. The minimum absolute atomic E-state index is 0.0607. The van der Waals surface area contributed by atoms with Crippen molar-refractivity contribution >= 4 is 0 Å². The summed E-state index contributed by atoms with van der Waals surface area (Å²) in [6.45, 7) is 3.20. The summed E-state index contributed by atoms with van der Waals surface area (Å²) in [4.78, 5) is 11.7. The highest BCUT2D eigenvalue weighted by Gasteiger charge is 2.33. The maximum atomic E-state index is 5.62. The summed E-state index contributed by atoms with van der Waals surface area (Å²) in [5.41, 5.74) is 3.42. The lowest BCUT2D eigenvalue weighted by Gasteiger charge is -2.39. The molecule has 3 heterocycles. The van der Waals surface area contributed by atoms with Gasteiger partial charge in [-0.15, -0.1) is 0 Å². The van der Waals surface area contributed by atoms with Gasteiger partial charge < -0.3 is 9.47 Å². The van der Waals surface area contributed by atoms with E-state index in [0.717, 1.165) is 32.0 Å². The van der Waals surface area contributed by atoms with Gasteiger partial charge in [-0.2, -0.15) is 0 Å². The highest BCUT2D eigenvalue weighted by atomic mass is 16.5. The Labute approximate surface area is 166 Å². The zero-order valence-corrected chi connectivity index (χ0v) is 16.1. The molecule has 0 N–H and O–H groups in total. The second-order valence-corrected chi connectivity index (χ2v) is 6.87. The lowest BCUT2D eigenvalue weighted by atomic mass is 9.83. The van der Waals surface area contributed by atoms with E-state index in [1.807, 2.05) is 30.6 Å². The third-order valence-corrected chi connectivity index (χ3v) is 5.21. The Morgan fingerprint density at radius 2 is 1.71 bits per heavy atom. The number of benzene rings is 1. The number of rotatable bonds is 6. The van der Waals surface area contributed by atoms with Crippen molar-refractivity contribution in [3.8, 4) is 5.88 Å². The molecule has 0 saturated carbocycles. The summed E-state index contributed by atoms with van der Waals surface area (Å²) in [5, 5.41) is 0. The number of pyridine rings is 2. The van der Waals surface area contributed by atoms with Gasteiger partial charge in [0.1, 0.15) is 0 Å². The largest absolute Gasteiger partial charge is 0.481 e. The molecule has 2 aromatic heterocycles. The number of ether oxygens (including phenoxy) is 2. The zero-order valence-electron chi connectivity index (χ0n) is 16.1. The van der Waals surface area contributed by atoms with E-state index in [-0.39, 0.29) is 12.0 Å². The van der Waals surface area contributed by atoms with Crippen LogP contribution in [0.5, 0.6) is 5.88 Å². The van der Waals surface area contributed by atoms with Gasteiger partial charge in [0.25, 0.3) is 0 Å². The van der Waals surface area contributed by atoms with Crippen LogP contribution in [0.2, 0.25) is 0 Å². The number of nitrogens with zero attached hydrogens (tertiary/aromatic N) is 3. The highest BCUT2D eigenvalue weighted by molar-refractivity contribution is 5.36. The Morgan fingerprint density at radius 1 is 0.929 bits per heavy atom. The Morgan fingerprint density at radius 3 is 2.43 bits per heavy atom. The molecule has 2 unspecified atom stereocenters. The summed E-state index contributed by atoms with van der Waals surface area (Å²) in [6.07, 6.45) is 3.78. The van der Waals surface area contributed by atoms with Crippen molar-refractivity contribution < 1.29 is 9.47 Å². The maximum absolute atomic E-state index is 5.62. The van der Waals surface area contributed by atoms with Crippen LogP contribution >= 0.6 is 0 Å². The summed E-state index contributed by atoms with van der Waals surface area (Å²) < 4.78 is 11.0. The average Bonchev–Trinajstić information content (AvgIpc) is 2.79. The van der Waals surface area contributed by atoms with Gasteiger partial charge >= 0.3 is 0 Å². The molecule has 2 atom stereocenters. The van der Waals surface area contributed by atoms with Crippen LogP contribution < -0.4 is 4.74 Å². The third-order valence-electron chi connectivity index (χ3n) is 5.21. The Balaban J connectivity index is 1.85. The van der Waals surface area contributed by atoms with E-state index < -0.39 is 0 Å². The molecule has 28 heavy (non-hydrogen) atoms. The van der Waals surface area contributed by atoms with E-state index in [1.165, 1.54) is 11.1 Å². The molecule has 0 bridgehead atoms. The lowest BCUT2D eigenvalue weighted by Crippen LogP contribution is -2.42. The van der Waals surface area contributed by atoms with Crippen molar-refractivity contribution in [1.29, 1.82) is 0 Å². The van der Waals surface area contributed by atoms with Crippen LogP contribution in [0.25, 0.3) is 0 Å². The quantitative estimate of drug-likeness (QED) is 0.658. The molecule has 1 fully saturated rings. The molecule has 1 saturated heterocycles. The molecule has 1 aliphatic heterocycles. The molecule has 5 nitrogen and oxygen atoms in total. The Kier molecular flexibility index (Phi) is 5.95. The van der Waals surface area contributed by atoms with E-state index >= 15 is 0 Å². The van der Waals surface area contributed by atoms with Crippen LogP contribution in [0.4, 0.5) is 0 Å². The minimum Gasteiger partial charge on any atom is -0.481 e. The number of aromatic nitrogens is 2. The van der Waals surface area contributed by atoms with Crippen molar-refractivity contribution in [3.63, 3.8) is 0 Å². The first kappa shape index (κ1) is 18.6. The van der Waals surface area contributed by atoms with E-state index in [9.17, 15) is 0 Å². The molecule has 0 spiro atoms. The first-order chi connectivity index (χ1) is 13.9. The first-order valence-corrected chi connectivity index (χ1v) is 9.64. The number of hydrogen-bond donors (Lipinski definition) is 0. The van der Waals surface area contributed by atoms with Gasteiger partial charge in [-0.1, -0.05) is 42.5 Å². The van der Waals surface area contributed by atoms with Crippen molar-refractivity contribution in [3.05, 3.63) is 89.9 Å².